The van der Waals surface area contributed by atoms with Gasteiger partial charge in [0.2, 0.25) is 5.91 Å². The summed E-state index contributed by atoms with van der Waals surface area (Å²) in [4.78, 5) is 19.1. The molecule has 0 saturated heterocycles. The second kappa shape index (κ2) is 6.48. The third-order valence-electron chi connectivity index (χ3n) is 5.35. The van der Waals surface area contributed by atoms with Gasteiger partial charge in [-0.2, -0.15) is 0 Å². The predicted molar refractivity (Wildman–Crippen MR) is 106 cm³/mol. The zero-order valence-corrected chi connectivity index (χ0v) is 16.5. The molecule has 0 aromatic heterocycles. The number of nitrogens with two attached hydrogens (primary N) is 1. The first-order chi connectivity index (χ1) is 12.5. The van der Waals surface area contributed by atoms with Crippen LogP contribution in [0.15, 0.2) is 53.5 Å². The summed E-state index contributed by atoms with van der Waals surface area (Å²) in [5, 5.41) is 0. The maximum atomic E-state index is 13.9. The average molecular weight is 367 g/mol. The van der Waals surface area contributed by atoms with Gasteiger partial charge in [-0.05, 0) is 41.2 Å². The number of amides is 1. The Kier molecular flexibility index (Phi) is 4.58. The number of hydrogen-bond donors (Lipinski definition) is 1. The third kappa shape index (κ3) is 3.34. The van der Waals surface area contributed by atoms with Crippen LogP contribution in [0.5, 0.6) is 0 Å². The van der Waals surface area contributed by atoms with Gasteiger partial charge >= 0.3 is 0 Å². The summed E-state index contributed by atoms with van der Waals surface area (Å²) in [6.45, 7) is 8.26. The van der Waals surface area contributed by atoms with Crippen molar-refractivity contribution in [3.05, 3.63) is 71.0 Å². The highest BCUT2D eigenvalue weighted by Crippen LogP contribution is 2.44. The molecule has 2 aromatic rings. The number of rotatable bonds is 2. The second-order valence-electron chi connectivity index (χ2n) is 8.33. The Morgan fingerprint density at radius 3 is 2.33 bits per heavy atom. The maximum absolute atomic E-state index is 13.9. The molecular formula is C22H26FN3O. The molecule has 142 valence electrons. The van der Waals surface area contributed by atoms with Crippen LogP contribution >= 0.6 is 0 Å². The molecule has 0 saturated carbocycles. The maximum Gasteiger partial charge on any atom is 0.239 e. The summed E-state index contributed by atoms with van der Waals surface area (Å²) >= 11 is 0. The van der Waals surface area contributed by atoms with Crippen molar-refractivity contribution < 1.29 is 9.18 Å². The summed E-state index contributed by atoms with van der Waals surface area (Å²) in [5.74, 6) is -0.978. The van der Waals surface area contributed by atoms with Gasteiger partial charge in [-0.3, -0.25) is 9.69 Å². The molecule has 27 heavy (non-hydrogen) atoms. The highest BCUT2D eigenvalue weighted by Gasteiger charge is 2.47. The smallest absolute Gasteiger partial charge is 0.239 e. The van der Waals surface area contributed by atoms with Crippen molar-refractivity contribution in [1.82, 2.24) is 4.90 Å². The molecule has 0 radical (unpaired) electrons. The van der Waals surface area contributed by atoms with Gasteiger partial charge in [0.1, 0.15) is 11.4 Å². The first-order valence-corrected chi connectivity index (χ1v) is 9.03. The molecule has 1 aliphatic rings. The van der Waals surface area contributed by atoms with Gasteiger partial charge in [0.25, 0.3) is 0 Å². The lowest BCUT2D eigenvalue weighted by Gasteiger charge is -2.41. The molecular weight excluding hydrogens is 341 g/mol. The van der Waals surface area contributed by atoms with E-state index in [2.05, 4.69) is 25.8 Å². The minimum atomic E-state index is -0.987. The molecule has 0 spiro atoms. The number of carbonyl (C=O) groups is 1. The normalized spacial score (nSPS) is 23.3. The molecule has 0 fully saturated rings. The molecule has 2 N–H and O–H groups in total. The van der Waals surface area contributed by atoms with Crippen LogP contribution in [0.25, 0.3) is 0 Å². The molecule has 4 nitrogen and oxygen atoms in total. The van der Waals surface area contributed by atoms with E-state index in [4.69, 9.17) is 5.73 Å². The van der Waals surface area contributed by atoms with Crippen molar-refractivity contribution in [2.75, 3.05) is 7.05 Å². The van der Waals surface area contributed by atoms with E-state index < -0.39 is 11.5 Å². The Balaban J connectivity index is 2.16. The number of aliphatic imine (C=N–C) groups is 1. The number of carbonyl (C=O) groups excluding carboxylic acids is 1. The van der Waals surface area contributed by atoms with Crippen LogP contribution in [0, 0.1) is 5.82 Å². The van der Waals surface area contributed by atoms with Gasteiger partial charge in [0.15, 0.2) is 5.96 Å². The van der Waals surface area contributed by atoms with E-state index >= 15 is 0 Å². The molecule has 1 aliphatic heterocycles. The van der Waals surface area contributed by atoms with E-state index in [0.29, 0.717) is 5.56 Å². The number of nitrogens with zero attached hydrogens (tertiary/aromatic N) is 2. The summed E-state index contributed by atoms with van der Waals surface area (Å²) in [6, 6.07) is 14.2. The van der Waals surface area contributed by atoms with Crippen molar-refractivity contribution >= 4 is 11.9 Å². The summed E-state index contributed by atoms with van der Waals surface area (Å²) in [6.07, 6.45) is 0. The zero-order chi connectivity index (χ0) is 20.0. The number of guanidine groups is 1. The van der Waals surface area contributed by atoms with Crippen molar-refractivity contribution in [2.45, 2.75) is 44.6 Å². The summed E-state index contributed by atoms with van der Waals surface area (Å²) in [5.41, 5.74) is 7.67. The quantitative estimate of drug-likeness (QED) is 0.875. The molecule has 2 atom stereocenters. The van der Waals surface area contributed by atoms with Gasteiger partial charge < -0.3 is 5.73 Å². The van der Waals surface area contributed by atoms with Crippen molar-refractivity contribution in [2.24, 2.45) is 10.7 Å². The monoisotopic (exact) mass is 367 g/mol. The highest BCUT2D eigenvalue weighted by atomic mass is 19.1. The molecule has 1 heterocycles. The second-order valence-corrected chi connectivity index (χ2v) is 8.33. The standard InChI is InChI=1S/C22H26FN3O/c1-21(2,3)15-11-9-14(10-12-15)18-19(27)26(5)20(24)25-22(18,4)16-7-6-8-17(23)13-16/h6-13,18H,1-5H3,(H2,24,25)/t18-,22+/m0/s1. The molecule has 0 unspecified atom stereocenters. The van der Waals surface area contributed by atoms with Crippen LogP contribution in [0.4, 0.5) is 4.39 Å². The summed E-state index contributed by atoms with van der Waals surface area (Å²) < 4.78 is 13.9. The predicted octanol–water partition coefficient (Wildman–Crippen LogP) is 3.91. The van der Waals surface area contributed by atoms with E-state index in [1.54, 1.807) is 19.2 Å². The minimum Gasteiger partial charge on any atom is -0.369 e. The van der Waals surface area contributed by atoms with Crippen molar-refractivity contribution in [1.29, 1.82) is 0 Å². The van der Waals surface area contributed by atoms with Gasteiger partial charge in [-0.15, -0.1) is 0 Å². The summed E-state index contributed by atoms with van der Waals surface area (Å²) in [7, 11) is 1.61. The van der Waals surface area contributed by atoms with E-state index in [1.165, 1.54) is 22.6 Å². The highest BCUT2D eigenvalue weighted by molar-refractivity contribution is 6.02. The Morgan fingerprint density at radius 1 is 1.15 bits per heavy atom. The van der Waals surface area contributed by atoms with Crippen molar-refractivity contribution in [3.63, 3.8) is 0 Å². The fourth-order valence-corrected chi connectivity index (χ4v) is 3.60. The van der Waals surface area contributed by atoms with Gasteiger partial charge in [0.05, 0.1) is 5.92 Å². The average Bonchev–Trinajstić information content (AvgIpc) is 2.59. The van der Waals surface area contributed by atoms with E-state index in [0.717, 1.165) is 5.56 Å². The lowest BCUT2D eigenvalue weighted by molar-refractivity contribution is -0.130. The minimum absolute atomic E-state index is 0.0142. The molecule has 2 aromatic carbocycles. The topological polar surface area (TPSA) is 58.7 Å². The van der Waals surface area contributed by atoms with Crippen molar-refractivity contribution in [3.8, 4) is 0 Å². The van der Waals surface area contributed by atoms with E-state index in [-0.39, 0.29) is 23.1 Å². The van der Waals surface area contributed by atoms with Crippen LogP contribution in [-0.2, 0) is 15.7 Å². The van der Waals surface area contributed by atoms with Gasteiger partial charge in [0, 0.05) is 7.05 Å². The molecule has 0 aliphatic carbocycles. The number of hydrogen-bond acceptors (Lipinski definition) is 3. The largest absolute Gasteiger partial charge is 0.369 e. The first kappa shape index (κ1) is 19.1. The van der Waals surface area contributed by atoms with Gasteiger partial charge in [-0.1, -0.05) is 57.2 Å². The number of halogens is 1. The number of likely N-dealkylation sites (N-methyl/N-ethyl adjacent to an activating group) is 1. The Hall–Kier alpha value is -2.69. The Labute approximate surface area is 159 Å². The Bertz CT molecular complexity index is 899. The first-order valence-electron chi connectivity index (χ1n) is 9.03. The third-order valence-corrected chi connectivity index (χ3v) is 5.35. The van der Waals surface area contributed by atoms with Crippen LogP contribution in [0.2, 0.25) is 0 Å². The SMILES string of the molecule is CN1C(=O)[C@H](c2ccc(C(C)(C)C)cc2)[C@@](C)(c2cccc(F)c2)N=C1N. The van der Waals surface area contributed by atoms with Crippen LogP contribution < -0.4 is 5.73 Å². The fraction of sp³-hybridized carbons (Fsp3) is 0.364. The van der Waals surface area contributed by atoms with Crippen LogP contribution in [0.3, 0.4) is 0 Å². The van der Waals surface area contributed by atoms with Crippen LogP contribution in [0.1, 0.15) is 50.3 Å². The number of benzene rings is 2. The Morgan fingerprint density at radius 2 is 1.78 bits per heavy atom. The van der Waals surface area contributed by atoms with Crippen LogP contribution in [-0.4, -0.2) is 23.8 Å². The molecule has 1 amide bonds. The molecule has 0 bridgehead atoms. The molecule has 3 rings (SSSR count). The van der Waals surface area contributed by atoms with Gasteiger partial charge in [-0.25, -0.2) is 9.38 Å². The van der Waals surface area contributed by atoms with E-state index in [1.807, 2.05) is 31.2 Å². The lowest BCUT2D eigenvalue weighted by Crippen LogP contribution is -2.52. The fourth-order valence-electron chi connectivity index (χ4n) is 3.60. The zero-order valence-electron chi connectivity index (χ0n) is 16.5. The lowest BCUT2D eigenvalue weighted by atomic mass is 9.74. The molecule has 5 heteroatoms. The van der Waals surface area contributed by atoms with E-state index in [9.17, 15) is 9.18 Å².